The summed E-state index contributed by atoms with van der Waals surface area (Å²) in [7, 11) is 0. The van der Waals surface area contributed by atoms with Crippen molar-refractivity contribution >= 4 is 5.91 Å². The summed E-state index contributed by atoms with van der Waals surface area (Å²) in [4.78, 5) is 12.0. The largest absolute Gasteiger partial charge is 0.355 e. The first-order chi connectivity index (χ1) is 9.18. The van der Waals surface area contributed by atoms with E-state index in [2.05, 4.69) is 23.5 Å². The molecule has 0 aliphatic heterocycles. The number of hydrogen-bond donors (Lipinski definition) is 1. The number of nitrogens with zero attached hydrogens (tertiary/aromatic N) is 1. The molecule has 0 heterocycles. The monoisotopic (exact) mass is 258 g/mol. The molecule has 0 aliphatic rings. The fourth-order valence-electron chi connectivity index (χ4n) is 2.09. The molecule has 0 saturated heterocycles. The predicted molar refractivity (Wildman–Crippen MR) is 76.4 cm³/mol. The summed E-state index contributed by atoms with van der Waals surface area (Å²) in [6.45, 7) is 4.39. The Morgan fingerprint density at radius 1 is 1.26 bits per heavy atom. The molecule has 0 aliphatic carbocycles. The van der Waals surface area contributed by atoms with Gasteiger partial charge in [-0.2, -0.15) is 5.26 Å². The number of amides is 1. The lowest BCUT2D eigenvalue weighted by atomic mass is 9.83. The molecule has 0 radical (unpaired) electrons. The van der Waals surface area contributed by atoms with Crippen molar-refractivity contribution in [2.75, 3.05) is 6.54 Å². The molecule has 1 rings (SSSR count). The SMILES string of the molecule is CCC(C#N)(CC)C(=O)NCCCc1ccccc1. The van der Waals surface area contributed by atoms with Crippen molar-refractivity contribution < 1.29 is 4.79 Å². The van der Waals surface area contributed by atoms with Crippen molar-refractivity contribution in [1.29, 1.82) is 5.26 Å². The van der Waals surface area contributed by atoms with Crippen LogP contribution in [0.3, 0.4) is 0 Å². The van der Waals surface area contributed by atoms with Gasteiger partial charge in [0.05, 0.1) is 6.07 Å². The van der Waals surface area contributed by atoms with Crippen molar-refractivity contribution in [2.45, 2.75) is 39.5 Å². The van der Waals surface area contributed by atoms with E-state index >= 15 is 0 Å². The molecule has 1 aromatic rings. The second-order valence-electron chi connectivity index (χ2n) is 4.75. The molecule has 0 unspecified atom stereocenters. The van der Waals surface area contributed by atoms with Gasteiger partial charge in [-0.25, -0.2) is 0 Å². The maximum Gasteiger partial charge on any atom is 0.240 e. The number of nitrogens with one attached hydrogen (secondary N) is 1. The third kappa shape index (κ3) is 4.10. The molecule has 1 amide bonds. The zero-order chi connectivity index (χ0) is 14.1. The average Bonchev–Trinajstić information content (AvgIpc) is 2.47. The Balaban J connectivity index is 2.37. The minimum absolute atomic E-state index is 0.131. The normalized spacial score (nSPS) is 10.8. The first-order valence-corrected chi connectivity index (χ1v) is 6.92. The number of rotatable bonds is 7. The Hall–Kier alpha value is -1.82. The van der Waals surface area contributed by atoms with Crippen molar-refractivity contribution in [3.8, 4) is 6.07 Å². The van der Waals surface area contributed by atoms with Crippen LogP contribution in [-0.2, 0) is 11.2 Å². The van der Waals surface area contributed by atoms with E-state index in [1.807, 2.05) is 32.0 Å². The second kappa shape index (κ2) is 7.58. The third-order valence-electron chi connectivity index (χ3n) is 3.63. The average molecular weight is 258 g/mol. The standard InChI is InChI=1S/C16H22N2O/c1-3-16(4-2,13-17)15(19)18-12-8-11-14-9-6-5-7-10-14/h5-7,9-10H,3-4,8,11-12H2,1-2H3,(H,18,19). The van der Waals surface area contributed by atoms with Gasteiger partial charge in [0.25, 0.3) is 0 Å². The van der Waals surface area contributed by atoms with E-state index in [4.69, 9.17) is 0 Å². The van der Waals surface area contributed by atoms with Crippen LogP contribution in [0.1, 0.15) is 38.7 Å². The molecule has 0 fully saturated rings. The molecule has 0 spiro atoms. The summed E-state index contributed by atoms with van der Waals surface area (Å²) in [6.07, 6.45) is 2.96. The zero-order valence-electron chi connectivity index (χ0n) is 11.8. The van der Waals surface area contributed by atoms with Gasteiger partial charge < -0.3 is 5.32 Å². The molecule has 0 bridgehead atoms. The van der Waals surface area contributed by atoms with E-state index in [0.717, 1.165) is 12.8 Å². The highest BCUT2D eigenvalue weighted by atomic mass is 16.2. The van der Waals surface area contributed by atoms with Crippen LogP contribution < -0.4 is 5.32 Å². The van der Waals surface area contributed by atoms with Gasteiger partial charge in [-0.3, -0.25) is 4.79 Å². The summed E-state index contributed by atoms with van der Waals surface area (Å²) in [5, 5.41) is 12.1. The van der Waals surface area contributed by atoms with Gasteiger partial charge in [0.1, 0.15) is 5.41 Å². The maximum atomic E-state index is 12.0. The van der Waals surface area contributed by atoms with Gasteiger partial charge in [-0.15, -0.1) is 0 Å². The maximum absolute atomic E-state index is 12.0. The summed E-state index contributed by atoms with van der Waals surface area (Å²) in [5.41, 5.74) is 0.418. The molecule has 0 saturated carbocycles. The van der Waals surface area contributed by atoms with Crippen LogP contribution in [0.5, 0.6) is 0 Å². The molecular weight excluding hydrogens is 236 g/mol. The smallest absolute Gasteiger partial charge is 0.240 e. The Kier molecular flexibility index (Phi) is 6.08. The van der Waals surface area contributed by atoms with Crippen LogP contribution in [0, 0.1) is 16.7 Å². The third-order valence-corrected chi connectivity index (χ3v) is 3.63. The van der Waals surface area contributed by atoms with Crippen molar-refractivity contribution in [2.24, 2.45) is 5.41 Å². The molecule has 1 aromatic carbocycles. The van der Waals surface area contributed by atoms with Crippen LogP contribution in [0.15, 0.2) is 30.3 Å². The van der Waals surface area contributed by atoms with Crippen LogP contribution in [-0.4, -0.2) is 12.5 Å². The first kappa shape index (κ1) is 15.2. The second-order valence-corrected chi connectivity index (χ2v) is 4.75. The highest BCUT2D eigenvalue weighted by Gasteiger charge is 2.34. The van der Waals surface area contributed by atoms with Gasteiger partial charge in [-0.1, -0.05) is 44.2 Å². The van der Waals surface area contributed by atoms with Gasteiger partial charge in [0.2, 0.25) is 5.91 Å². The Morgan fingerprint density at radius 3 is 2.42 bits per heavy atom. The fourth-order valence-corrected chi connectivity index (χ4v) is 2.09. The number of carbonyl (C=O) groups is 1. The van der Waals surface area contributed by atoms with Crippen molar-refractivity contribution in [3.63, 3.8) is 0 Å². The summed E-state index contributed by atoms with van der Waals surface area (Å²) >= 11 is 0. The van der Waals surface area contributed by atoms with E-state index in [0.29, 0.717) is 19.4 Å². The Morgan fingerprint density at radius 2 is 1.89 bits per heavy atom. The van der Waals surface area contributed by atoms with Gasteiger partial charge in [0.15, 0.2) is 0 Å². The molecule has 1 N–H and O–H groups in total. The summed E-state index contributed by atoms with van der Waals surface area (Å²) < 4.78 is 0. The Bertz CT molecular complexity index is 430. The number of benzene rings is 1. The molecule has 19 heavy (non-hydrogen) atoms. The molecular formula is C16H22N2O. The first-order valence-electron chi connectivity index (χ1n) is 6.92. The molecule has 0 atom stereocenters. The highest BCUT2D eigenvalue weighted by molar-refractivity contribution is 5.85. The highest BCUT2D eigenvalue weighted by Crippen LogP contribution is 2.25. The summed E-state index contributed by atoms with van der Waals surface area (Å²) in [5.74, 6) is -0.131. The quantitative estimate of drug-likeness (QED) is 0.764. The molecule has 3 heteroatoms. The predicted octanol–water partition coefficient (Wildman–Crippen LogP) is 3.07. The fraction of sp³-hybridized carbons (Fsp3) is 0.500. The van der Waals surface area contributed by atoms with E-state index in [9.17, 15) is 10.1 Å². The van der Waals surface area contributed by atoms with E-state index in [1.54, 1.807) is 0 Å². The number of aryl methyl sites for hydroxylation is 1. The number of nitriles is 1. The van der Waals surface area contributed by atoms with Crippen LogP contribution in [0.25, 0.3) is 0 Å². The van der Waals surface area contributed by atoms with Gasteiger partial charge >= 0.3 is 0 Å². The van der Waals surface area contributed by atoms with E-state index < -0.39 is 5.41 Å². The van der Waals surface area contributed by atoms with E-state index in [-0.39, 0.29) is 5.91 Å². The lowest BCUT2D eigenvalue weighted by molar-refractivity contribution is -0.128. The van der Waals surface area contributed by atoms with Crippen LogP contribution in [0.2, 0.25) is 0 Å². The molecule has 3 nitrogen and oxygen atoms in total. The Labute approximate surface area is 115 Å². The molecule has 102 valence electrons. The topological polar surface area (TPSA) is 52.9 Å². The molecule has 0 aromatic heterocycles. The van der Waals surface area contributed by atoms with Crippen molar-refractivity contribution in [3.05, 3.63) is 35.9 Å². The minimum atomic E-state index is -0.854. The lowest BCUT2D eigenvalue weighted by Crippen LogP contribution is -2.39. The zero-order valence-corrected chi connectivity index (χ0v) is 11.8. The van der Waals surface area contributed by atoms with E-state index in [1.165, 1.54) is 5.56 Å². The number of carbonyl (C=O) groups excluding carboxylic acids is 1. The minimum Gasteiger partial charge on any atom is -0.355 e. The van der Waals surface area contributed by atoms with Crippen LogP contribution in [0.4, 0.5) is 0 Å². The van der Waals surface area contributed by atoms with Crippen LogP contribution >= 0.6 is 0 Å². The lowest BCUT2D eigenvalue weighted by Gasteiger charge is -2.22. The van der Waals surface area contributed by atoms with Crippen molar-refractivity contribution in [1.82, 2.24) is 5.32 Å². The van der Waals surface area contributed by atoms with Gasteiger partial charge in [-0.05, 0) is 31.2 Å². The van der Waals surface area contributed by atoms with Gasteiger partial charge in [0, 0.05) is 6.54 Å². The summed E-state index contributed by atoms with van der Waals surface area (Å²) in [6, 6.07) is 12.4. The number of hydrogen-bond acceptors (Lipinski definition) is 2.